The second-order valence-electron chi connectivity index (χ2n) is 3.59. The summed E-state index contributed by atoms with van der Waals surface area (Å²) in [6.45, 7) is 2.55. The molecule has 0 aromatic rings. The van der Waals surface area contributed by atoms with Crippen molar-refractivity contribution >= 4 is 11.9 Å². The zero-order chi connectivity index (χ0) is 12.1. The van der Waals surface area contributed by atoms with Gasteiger partial charge in [0.25, 0.3) is 5.91 Å². The Morgan fingerprint density at radius 3 is 2.56 bits per heavy atom. The van der Waals surface area contributed by atoms with Crippen LogP contribution in [-0.2, 0) is 14.3 Å². The van der Waals surface area contributed by atoms with Crippen molar-refractivity contribution in [2.45, 2.75) is 32.0 Å². The van der Waals surface area contributed by atoms with Crippen molar-refractivity contribution in [1.82, 2.24) is 4.90 Å². The molecule has 0 radical (unpaired) electrons. The standard InChI is InChI=1S/C11H15NO4/c1-3-7-12(4-2)10(13)8-5-6-9(16-8)11(14)15/h1,8-9H,4-7H2,2H3,(H,14,15)/t8-,9+/m0/s1. The van der Waals surface area contributed by atoms with Gasteiger partial charge in [0.1, 0.15) is 6.10 Å². The summed E-state index contributed by atoms with van der Waals surface area (Å²) < 4.78 is 5.15. The van der Waals surface area contributed by atoms with Crippen LogP contribution in [0.1, 0.15) is 19.8 Å². The van der Waals surface area contributed by atoms with Gasteiger partial charge in [-0.2, -0.15) is 0 Å². The van der Waals surface area contributed by atoms with Gasteiger partial charge in [-0.05, 0) is 19.8 Å². The largest absolute Gasteiger partial charge is 0.479 e. The van der Waals surface area contributed by atoms with Crippen LogP contribution in [0.5, 0.6) is 0 Å². The number of likely N-dealkylation sites (N-methyl/N-ethyl adjacent to an activating group) is 1. The Morgan fingerprint density at radius 1 is 1.50 bits per heavy atom. The van der Waals surface area contributed by atoms with Gasteiger partial charge < -0.3 is 14.7 Å². The molecule has 1 N–H and O–H groups in total. The lowest BCUT2D eigenvalue weighted by Crippen LogP contribution is -2.39. The van der Waals surface area contributed by atoms with Gasteiger partial charge in [-0.3, -0.25) is 4.79 Å². The molecule has 0 aliphatic carbocycles. The molecule has 0 bridgehead atoms. The highest BCUT2D eigenvalue weighted by molar-refractivity contribution is 5.82. The first kappa shape index (κ1) is 12.5. The molecule has 88 valence electrons. The zero-order valence-electron chi connectivity index (χ0n) is 9.18. The number of carboxylic acid groups (broad SMARTS) is 1. The fourth-order valence-electron chi connectivity index (χ4n) is 1.66. The SMILES string of the molecule is C#CCN(CC)C(=O)[C@@H]1CC[C@H](C(=O)O)O1. The highest BCUT2D eigenvalue weighted by atomic mass is 16.5. The third kappa shape index (κ3) is 2.74. The number of terminal acetylenes is 1. The summed E-state index contributed by atoms with van der Waals surface area (Å²) in [5.74, 6) is 1.15. The first-order valence-electron chi connectivity index (χ1n) is 5.20. The Balaban J connectivity index is 2.56. The summed E-state index contributed by atoms with van der Waals surface area (Å²) in [7, 11) is 0. The number of carboxylic acids is 1. The fraction of sp³-hybridized carbons (Fsp3) is 0.636. The maximum atomic E-state index is 11.8. The predicted molar refractivity (Wildman–Crippen MR) is 56.6 cm³/mol. The summed E-state index contributed by atoms with van der Waals surface area (Å²) in [5.41, 5.74) is 0. The highest BCUT2D eigenvalue weighted by Crippen LogP contribution is 2.21. The molecule has 0 saturated carbocycles. The molecule has 1 aliphatic rings. The van der Waals surface area contributed by atoms with Crippen molar-refractivity contribution in [3.05, 3.63) is 0 Å². The van der Waals surface area contributed by atoms with Crippen molar-refractivity contribution in [2.24, 2.45) is 0 Å². The van der Waals surface area contributed by atoms with Gasteiger partial charge in [0, 0.05) is 6.54 Å². The van der Waals surface area contributed by atoms with E-state index in [1.807, 2.05) is 6.92 Å². The van der Waals surface area contributed by atoms with E-state index in [9.17, 15) is 9.59 Å². The normalized spacial score (nSPS) is 23.8. The van der Waals surface area contributed by atoms with Crippen molar-refractivity contribution in [2.75, 3.05) is 13.1 Å². The molecule has 1 saturated heterocycles. The average Bonchev–Trinajstić information content (AvgIpc) is 2.74. The number of nitrogens with zero attached hydrogens (tertiary/aromatic N) is 1. The van der Waals surface area contributed by atoms with Gasteiger partial charge in [0.05, 0.1) is 6.54 Å². The van der Waals surface area contributed by atoms with Crippen LogP contribution in [0.2, 0.25) is 0 Å². The van der Waals surface area contributed by atoms with E-state index in [2.05, 4.69) is 5.92 Å². The lowest BCUT2D eigenvalue weighted by Gasteiger charge is -2.21. The summed E-state index contributed by atoms with van der Waals surface area (Å²) in [6.07, 6.45) is 4.43. The number of carbonyl (C=O) groups excluding carboxylic acids is 1. The molecule has 1 amide bonds. The predicted octanol–water partition coefficient (Wildman–Crippen LogP) is 0.100. The lowest BCUT2D eigenvalue weighted by atomic mass is 10.2. The number of aliphatic carboxylic acids is 1. The van der Waals surface area contributed by atoms with Crippen molar-refractivity contribution in [1.29, 1.82) is 0 Å². The minimum Gasteiger partial charge on any atom is -0.479 e. The van der Waals surface area contributed by atoms with Gasteiger partial charge >= 0.3 is 5.97 Å². The van der Waals surface area contributed by atoms with E-state index in [0.29, 0.717) is 19.4 Å². The Kier molecular flexibility index (Phi) is 4.32. The fourth-order valence-corrected chi connectivity index (χ4v) is 1.66. The Bertz CT molecular complexity index is 320. The highest BCUT2D eigenvalue weighted by Gasteiger charge is 2.36. The van der Waals surface area contributed by atoms with Gasteiger partial charge in [-0.25, -0.2) is 4.79 Å². The molecule has 16 heavy (non-hydrogen) atoms. The van der Waals surface area contributed by atoms with Gasteiger partial charge in [-0.1, -0.05) is 5.92 Å². The molecule has 2 atom stereocenters. The van der Waals surface area contributed by atoms with E-state index in [1.165, 1.54) is 4.90 Å². The van der Waals surface area contributed by atoms with E-state index in [1.54, 1.807) is 0 Å². The van der Waals surface area contributed by atoms with Crippen LogP contribution in [0.15, 0.2) is 0 Å². The third-order valence-electron chi connectivity index (χ3n) is 2.55. The average molecular weight is 225 g/mol. The Morgan fingerprint density at radius 2 is 2.12 bits per heavy atom. The second-order valence-corrected chi connectivity index (χ2v) is 3.59. The minimum absolute atomic E-state index is 0.218. The van der Waals surface area contributed by atoms with Crippen LogP contribution >= 0.6 is 0 Å². The molecule has 0 aromatic heterocycles. The van der Waals surface area contributed by atoms with E-state index >= 15 is 0 Å². The summed E-state index contributed by atoms with van der Waals surface area (Å²) in [6, 6.07) is 0. The summed E-state index contributed by atoms with van der Waals surface area (Å²) >= 11 is 0. The second kappa shape index (κ2) is 5.52. The number of carbonyl (C=O) groups is 2. The first-order valence-corrected chi connectivity index (χ1v) is 5.20. The van der Waals surface area contributed by atoms with E-state index < -0.39 is 18.2 Å². The number of amides is 1. The monoisotopic (exact) mass is 225 g/mol. The van der Waals surface area contributed by atoms with Crippen molar-refractivity contribution in [3.8, 4) is 12.3 Å². The molecule has 1 fully saturated rings. The van der Waals surface area contributed by atoms with Crippen molar-refractivity contribution in [3.63, 3.8) is 0 Å². The van der Waals surface area contributed by atoms with E-state index in [4.69, 9.17) is 16.3 Å². The lowest BCUT2D eigenvalue weighted by molar-refractivity contribution is -0.154. The van der Waals surface area contributed by atoms with Crippen LogP contribution in [0.25, 0.3) is 0 Å². The smallest absolute Gasteiger partial charge is 0.332 e. The quantitative estimate of drug-likeness (QED) is 0.689. The minimum atomic E-state index is -1.02. The number of hydrogen-bond donors (Lipinski definition) is 1. The molecule has 1 heterocycles. The van der Waals surface area contributed by atoms with Crippen molar-refractivity contribution < 1.29 is 19.4 Å². The van der Waals surface area contributed by atoms with Crippen LogP contribution < -0.4 is 0 Å². The van der Waals surface area contributed by atoms with E-state index in [0.717, 1.165) is 0 Å². The topological polar surface area (TPSA) is 66.8 Å². The Hall–Kier alpha value is -1.54. The number of ether oxygens (including phenoxy) is 1. The number of rotatable bonds is 4. The molecule has 1 rings (SSSR count). The summed E-state index contributed by atoms with van der Waals surface area (Å²) in [5, 5.41) is 8.73. The Labute approximate surface area is 94.4 Å². The maximum absolute atomic E-state index is 11.8. The molecular weight excluding hydrogens is 210 g/mol. The molecule has 1 aliphatic heterocycles. The maximum Gasteiger partial charge on any atom is 0.332 e. The molecule has 0 aromatic carbocycles. The van der Waals surface area contributed by atoms with Crippen LogP contribution in [0.4, 0.5) is 0 Å². The summed E-state index contributed by atoms with van der Waals surface area (Å²) in [4.78, 5) is 24.0. The van der Waals surface area contributed by atoms with Gasteiger partial charge in [0.15, 0.2) is 6.10 Å². The van der Waals surface area contributed by atoms with Crippen LogP contribution in [0, 0.1) is 12.3 Å². The van der Waals surface area contributed by atoms with Gasteiger partial charge in [0.2, 0.25) is 0 Å². The molecule has 5 heteroatoms. The third-order valence-corrected chi connectivity index (χ3v) is 2.55. The van der Waals surface area contributed by atoms with E-state index in [-0.39, 0.29) is 12.5 Å². The van der Waals surface area contributed by atoms with Gasteiger partial charge in [-0.15, -0.1) is 6.42 Å². The molecule has 5 nitrogen and oxygen atoms in total. The molecular formula is C11H15NO4. The zero-order valence-corrected chi connectivity index (χ0v) is 9.18. The first-order chi connectivity index (χ1) is 7.60. The molecule has 0 unspecified atom stereocenters. The van der Waals surface area contributed by atoms with Crippen LogP contribution in [-0.4, -0.2) is 47.2 Å². The van der Waals surface area contributed by atoms with Crippen LogP contribution in [0.3, 0.4) is 0 Å². The number of hydrogen-bond acceptors (Lipinski definition) is 3. The molecule has 0 spiro atoms.